The number of hydrogen-bond acceptors (Lipinski definition) is 8. The van der Waals surface area contributed by atoms with Gasteiger partial charge in [0.1, 0.15) is 0 Å². The number of nitrogens with zero attached hydrogens (tertiary/aromatic N) is 2. The minimum atomic E-state index is -1.10. The van der Waals surface area contributed by atoms with E-state index in [9.17, 15) is 14.7 Å². The summed E-state index contributed by atoms with van der Waals surface area (Å²) in [6.45, 7) is 6.42. The van der Waals surface area contributed by atoms with E-state index in [1.54, 1.807) is 30.6 Å². The van der Waals surface area contributed by atoms with Crippen LogP contribution in [0, 0.1) is 28.6 Å². The highest BCUT2D eigenvalue weighted by molar-refractivity contribution is 7.99. The van der Waals surface area contributed by atoms with E-state index in [1.165, 1.54) is 11.8 Å². The predicted molar refractivity (Wildman–Crippen MR) is 139 cm³/mol. The molecule has 0 spiro atoms. The fraction of sp³-hybridized carbons (Fsp3) is 0.655. The highest BCUT2D eigenvalue weighted by Gasteiger charge is 2.75. The molecule has 1 N–H and O–H groups in total. The lowest BCUT2D eigenvalue weighted by Crippen LogP contribution is -2.63. The van der Waals surface area contributed by atoms with Gasteiger partial charge in [-0.3, -0.25) is 9.59 Å². The van der Waals surface area contributed by atoms with Crippen molar-refractivity contribution in [1.29, 1.82) is 0 Å². The minimum Gasteiger partial charge on any atom is -0.393 e. The number of aromatic nitrogens is 2. The number of ether oxygens (including phenoxy) is 2. The van der Waals surface area contributed by atoms with Crippen LogP contribution in [0.3, 0.4) is 0 Å². The smallest absolute Gasteiger partial charge is 0.187 e. The lowest BCUT2D eigenvalue weighted by molar-refractivity contribution is -0.197. The van der Waals surface area contributed by atoms with Gasteiger partial charge < -0.3 is 14.6 Å². The molecule has 1 aromatic heterocycles. The number of hydrogen-bond donors (Lipinski definition) is 1. The van der Waals surface area contributed by atoms with Gasteiger partial charge in [0.05, 0.1) is 18.0 Å². The van der Waals surface area contributed by atoms with Crippen molar-refractivity contribution in [3.63, 3.8) is 0 Å². The van der Waals surface area contributed by atoms with Crippen LogP contribution in [0.25, 0.3) is 0 Å². The molecule has 1 saturated heterocycles. The normalized spacial score (nSPS) is 44.0. The molecule has 4 fully saturated rings. The number of thioether (sulfide) groups is 1. The van der Waals surface area contributed by atoms with Gasteiger partial charge in [-0.05, 0) is 62.2 Å². The lowest BCUT2D eigenvalue weighted by Gasteiger charge is -2.59. The molecule has 1 aliphatic heterocycles. The maximum Gasteiger partial charge on any atom is 0.187 e. The van der Waals surface area contributed by atoms with Crippen molar-refractivity contribution in [3.05, 3.63) is 42.3 Å². The number of rotatable bonds is 6. The number of ketones is 2. The predicted octanol–water partition coefficient (Wildman–Crippen LogP) is 4.31. The third-order valence-corrected chi connectivity index (χ3v) is 11.0. The van der Waals surface area contributed by atoms with Crippen LogP contribution in [0.5, 0.6) is 0 Å². The van der Waals surface area contributed by atoms with Gasteiger partial charge in [-0.2, -0.15) is 0 Å². The first-order valence-corrected chi connectivity index (χ1v) is 14.6. The van der Waals surface area contributed by atoms with Gasteiger partial charge in [0.25, 0.3) is 0 Å². The second-order valence-electron chi connectivity index (χ2n) is 11.9. The summed E-state index contributed by atoms with van der Waals surface area (Å²) in [5.74, 6) is 0.634. The van der Waals surface area contributed by atoms with Gasteiger partial charge in [-0.25, -0.2) is 9.97 Å². The molecule has 0 amide bonds. The summed E-state index contributed by atoms with van der Waals surface area (Å²) in [6, 6.07) is 1.76. The Hall–Kier alpha value is -1.87. The Morgan fingerprint density at radius 1 is 1.27 bits per heavy atom. The Balaban J connectivity index is 1.35. The molecule has 198 valence electrons. The van der Waals surface area contributed by atoms with Crippen molar-refractivity contribution in [1.82, 2.24) is 9.97 Å². The number of allylic oxidation sites excluding steroid dienone is 4. The van der Waals surface area contributed by atoms with Crippen LogP contribution in [0.2, 0.25) is 0 Å². The molecule has 37 heavy (non-hydrogen) atoms. The zero-order chi connectivity index (χ0) is 26.0. The van der Waals surface area contributed by atoms with Crippen LogP contribution in [0.4, 0.5) is 0 Å². The van der Waals surface area contributed by atoms with Crippen LogP contribution in [-0.2, 0) is 19.1 Å². The summed E-state index contributed by atoms with van der Waals surface area (Å²) in [6.07, 6.45) is 12.0. The van der Waals surface area contributed by atoms with Gasteiger partial charge in [-0.15, -0.1) is 0 Å². The second-order valence-corrected chi connectivity index (χ2v) is 12.8. The number of Topliss-reactive ketones (excluding diaryl/α,β-unsaturated/α-hetero) is 1. The molecule has 3 saturated carbocycles. The Bertz CT molecular complexity index is 1160. The SMILES string of the molecule is CCC[C@H]1O[C@@H]2CC3C4CCC5=CC(=O)C=CC5(C)C4[C@@H](O)CC3(C)[C@]2(C(=O)CSc2ncccn2)O1. The molecule has 1 aromatic rings. The van der Waals surface area contributed by atoms with Gasteiger partial charge in [0.2, 0.25) is 0 Å². The highest BCUT2D eigenvalue weighted by Crippen LogP contribution is 2.69. The summed E-state index contributed by atoms with van der Waals surface area (Å²) in [5, 5.41) is 12.4. The van der Waals surface area contributed by atoms with Crippen LogP contribution in [0.1, 0.15) is 59.3 Å². The van der Waals surface area contributed by atoms with Gasteiger partial charge in [-0.1, -0.05) is 50.6 Å². The Morgan fingerprint density at radius 3 is 2.81 bits per heavy atom. The zero-order valence-electron chi connectivity index (χ0n) is 21.8. The number of carbonyl (C=O) groups excluding carboxylic acids is 2. The molecule has 5 unspecified atom stereocenters. The summed E-state index contributed by atoms with van der Waals surface area (Å²) in [5.41, 5.74) is -0.871. The van der Waals surface area contributed by atoms with E-state index in [0.29, 0.717) is 11.6 Å². The highest BCUT2D eigenvalue weighted by atomic mass is 32.2. The van der Waals surface area contributed by atoms with Crippen LogP contribution in [0.15, 0.2) is 47.4 Å². The van der Waals surface area contributed by atoms with Crippen molar-refractivity contribution in [2.75, 3.05) is 5.75 Å². The first-order valence-electron chi connectivity index (χ1n) is 13.6. The molecular weight excluding hydrogens is 488 g/mol. The molecule has 8 heteroatoms. The average molecular weight is 525 g/mol. The number of aliphatic hydroxyl groups excluding tert-OH is 1. The van der Waals surface area contributed by atoms with E-state index in [4.69, 9.17) is 9.47 Å². The molecule has 4 aliphatic carbocycles. The van der Waals surface area contributed by atoms with E-state index in [0.717, 1.165) is 37.7 Å². The van der Waals surface area contributed by atoms with Crippen molar-refractivity contribution < 1.29 is 24.2 Å². The maximum atomic E-state index is 14.2. The Morgan fingerprint density at radius 2 is 2.05 bits per heavy atom. The third kappa shape index (κ3) is 3.66. The van der Waals surface area contributed by atoms with E-state index < -0.39 is 23.4 Å². The Kier molecular flexibility index (Phi) is 6.26. The van der Waals surface area contributed by atoms with E-state index in [2.05, 4.69) is 30.7 Å². The molecule has 6 rings (SSSR count). The average Bonchev–Trinajstić information content (AvgIpc) is 3.35. The zero-order valence-corrected chi connectivity index (χ0v) is 22.6. The lowest BCUT2D eigenvalue weighted by atomic mass is 9.46. The minimum absolute atomic E-state index is 0.000522. The fourth-order valence-corrected chi connectivity index (χ4v) is 9.35. The van der Waals surface area contributed by atoms with Crippen molar-refractivity contribution in [3.8, 4) is 0 Å². The Labute approximate surface area is 222 Å². The summed E-state index contributed by atoms with van der Waals surface area (Å²) < 4.78 is 13.2. The number of fused-ring (bicyclic) bond motifs is 7. The standard InChI is InChI=1S/C29H36N2O5S/c1-4-6-24-35-23-14-20-19-8-7-17-13-18(32)9-10-27(17,2)25(19)21(33)15-28(20,3)29(23,36-24)22(34)16-37-26-30-11-5-12-31-26/h5,9-13,19-21,23-25,33H,4,6-8,14-16H2,1-3H3/t19?,20?,21-,23+,24-,25?,27?,28?,29+/m0/s1. The number of carbonyl (C=O) groups is 2. The molecule has 0 radical (unpaired) electrons. The monoisotopic (exact) mass is 524 g/mol. The molecule has 0 bridgehead atoms. The molecule has 0 aromatic carbocycles. The van der Waals surface area contributed by atoms with E-state index in [1.807, 2.05) is 6.08 Å². The van der Waals surface area contributed by atoms with Crippen molar-refractivity contribution in [2.24, 2.45) is 28.6 Å². The van der Waals surface area contributed by atoms with E-state index in [-0.39, 0.29) is 46.6 Å². The third-order valence-electron chi connectivity index (χ3n) is 10.1. The topological polar surface area (TPSA) is 98.6 Å². The van der Waals surface area contributed by atoms with Crippen molar-refractivity contribution >= 4 is 23.3 Å². The van der Waals surface area contributed by atoms with Crippen LogP contribution in [-0.4, -0.2) is 56.5 Å². The van der Waals surface area contributed by atoms with Crippen LogP contribution >= 0.6 is 11.8 Å². The van der Waals surface area contributed by atoms with E-state index >= 15 is 0 Å². The largest absolute Gasteiger partial charge is 0.393 e. The van der Waals surface area contributed by atoms with Crippen LogP contribution < -0.4 is 0 Å². The van der Waals surface area contributed by atoms with Gasteiger partial charge in [0.15, 0.2) is 28.6 Å². The first-order chi connectivity index (χ1) is 17.7. The summed E-state index contributed by atoms with van der Waals surface area (Å²) in [7, 11) is 0. The summed E-state index contributed by atoms with van der Waals surface area (Å²) in [4.78, 5) is 34.9. The number of aliphatic hydroxyl groups is 1. The molecular formula is C29H36N2O5S. The molecule has 7 nitrogen and oxygen atoms in total. The molecule has 5 aliphatic rings. The summed E-state index contributed by atoms with van der Waals surface area (Å²) >= 11 is 1.33. The fourth-order valence-electron chi connectivity index (χ4n) is 8.60. The maximum absolute atomic E-state index is 14.2. The molecule has 9 atom stereocenters. The second kappa shape index (κ2) is 9.11. The van der Waals surface area contributed by atoms with Gasteiger partial charge >= 0.3 is 0 Å². The first kappa shape index (κ1) is 25.4. The molecule has 2 heterocycles. The quantitative estimate of drug-likeness (QED) is 0.434. The van der Waals surface area contributed by atoms with Gasteiger partial charge in [0, 0.05) is 29.1 Å². The van der Waals surface area contributed by atoms with Crippen molar-refractivity contribution in [2.45, 2.75) is 88.6 Å².